The SMILES string of the molecule is Cc1cc(CNC(=O)[C@@H]2CC3(CN(Cc4ccccc4)C3)CN2C)n(C)n1. The number of aromatic nitrogens is 2. The minimum atomic E-state index is -0.0294. The molecule has 0 radical (unpaired) electrons. The first-order valence-corrected chi connectivity index (χ1v) is 9.68. The quantitative estimate of drug-likeness (QED) is 0.871. The molecule has 0 aliphatic carbocycles. The molecule has 144 valence electrons. The molecule has 1 aromatic carbocycles. The van der Waals surface area contributed by atoms with E-state index in [0.29, 0.717) is 6.54 Å². The fraction of sp³-hybridized carbons (Fsp3) is 0.524. The Kier molecular flexibility index (Phi) is 4.78. The van der Waals surface area contributed by atoms with E-state index < -0.39 is 0 Å². The summed E-state index contributed by atoms with van der Waals surface area (Å²) in [6, 6.07) is 12.6. The molecule has 1 amide bonds. The predicted molar refractivity (Wildman–Crippen MR) is 105 cm³/mol. The number of carbonyl (C=O) groups is 1. The van der Waals surface area contributed by atoms with Crippen LogP contribution in [-0.2, 0) is 24.9 Å². The lowest BCUT2D eigenvalue weighted by Gasteiger charge is -2.48. The van der Waals surface area contributed by atoms with Crippen molar-refractivity contribution < 1.29 is 4.79 Å². The van der Waals surface area contributed by atoms with Gasteiger partial charge < -0.3 is 5.32 Å². The summed E-state index contributed by atoms with van der Waals surface area (Å²) in [5.41, 5.74) is 3.65. The van der Waals surface area contributed by atoms with Crippen LogP contribution in [0.25, 0.3) is 0 Å². The summed E-state index contributed by atoms with van der Waals surface area (Å²) in [7, 11) is 3.99. The van der Waals surface area contributed by atoms with Crippen molar-refractivity contribution in [3.05, 3.63) is 53.3 Å². The first-order chi connectivity index (χ1) is 12.9. The first kappa shape index (κ1) is 18.2. The van der Waals surface area contributed by atoms with E-state index in [9.17, 15) is 4.79 Å². The number of carbonyl (C=O) groups excluding carboxylic acids is 1. The Labute approximate surface area is 161 Å². The van der Waals surface area contributed by atoms with E-state index in [0.717, 1.165) is 44.0 Å². The van der Waals surface area contributed by atoms with E-state index in [1.165, 1.54) is 5.56 Å². The van der Waals surface area contributed by atoms with Gasteiger partial charge in [-0.25, -0.2) is 0 Å². The van der Waals surface area contributed by atoms with Gasteiger partial charge in [-0.2, -0.15) is 5.10 Å². The van der Waals surface area contributed by atoms with Crippen molar-refractivity contribution in [1.29, 1.82) is 0 Å². The van der Waals surface area contributed by atoms with Gasteiger partial charge in [0, 0.05) is 38.6 Å². The van der Waals surface area contributed by atoms with Gasteiger partial charge in [0.2, 0.25) is 5.91 Å². The second kappa shape index (κ2) is 7.09. The average Bonchev–Trinajstić information content (AvgIpc) is 3.12. The van der Waals surface area contributed by atoms with Crippen LogP contribution in [0.4, 0.5) is 0 Å². The molecule has 4 rings (SSSR count). The van der Waals surface area contributed by atoms with Crippen LogP contribution in [0, 0.1) is 12.3 Å². The Balaban J connectivity index is 1.29. The summed E-state index contributed by atoms with van der Waals surface area (Å²) in [6.07, 6.45) is 0.949. The van der Waals surface area contributed by atoms with Gasteiger partial charge in [0.25, 0.3) is 0 Å². The lowest BCUT2D eigenvalue weighted by atomic mass is 9.77. The number of likely N-dealkylation sites (tertiary alicyclic amines) is 2. The highest BCUT2D eigenvalue weighted by Crippen LogP contribution is 2.42. The van der Waals surface area contributed by atoms with Crippen molar-refractivity contribution >= 4 is 5.91 Å². The number of aryl methyl sites for hydroxylation is 2. The van der Waals surface area contributed by atoms with Crippen LogP contribution in [0.5, 0.6) is 0 Å². The van der Waals surface area contributed by atoms with E-state index in [2.05, 4.69) is 57.6 Å². The number of hydrogen-bond acceptors (Lipinski definition) is 4. The van der Waals surface area contributed by atoms with Crippen LogP contribution >= 0.6 is 0 Å². The molecule has 1 atom stereocenters. The molecular formula is C21H29N5O. The molecule has 3 heterocycles. The lowest BCUT2D eigenvalue weighted by molar-refractivity contribution is -0.125. The molecule has 0 bridgehead atoms. The van der Waals surface area contributed by atoms with Crippen molar-refractivity contribution in [2.45, 2.75) is 32.5 Å². The number of benzene rings is 1. The molecular weight excluding hydrogens is 338 g/mol. The maximum absolute atomic E-state index is 12.8. The molecule has 1 spiro atoms. The summed E-state index contributed by atoms with van der Waals surface area (Å²) < 4.78 is 1.84. The fourth-order valence-electron chi connectivity index (χ4n) is 4.77. The highest BCUT2D eigenvalue weighted by Gasteiger charge is 2.51. The zero-order valence-corrected chi connectivity index (χ0v) is 16.5. The standard InChI is InChI=1S/C21H29N5O/c1-16-9-18(25(3)23-16)11-22-20(27)19-10-21(13-24(19)2)14-26(15-21)12-17-7-5-4-6-8-17/h4-9,19H,10-15H2,1-3H3,(H,22,27)/t19-/m0/s1. The summed E-state index contributed by atoms with van der Waals surface area (Å²) in [4.78, 5) is 17.5. The molecule has 2 fully saturated rings. The van der Waals surface area contributed by atoms with Crippen LogP contribution < -0.4 is 5.32 Å². The third-order valence-electron chi connectivity index (χ3n) is 5.96. The van der Waals surface area contributed by atoms with Gasteiger partial charge in [0.1, 0.15) is 0 Å². The third kappa shape index (κ3) is 3.77. The van der Waals surface area contributed by atoms with Crippen LogP contribution in [-0.4, -0.2) is 58.2 Å². The van der Waals surface area contributed by atoms with E-state index in [4.69, 9.17) is 0 Å². The highest BCUT2D eigenvalue weighted by atomic mass is 16.2. The van der Waals surface area contributed by atoms with E-state index in [1.807, 2.05) is 24.7 Å². The smallest absolute Gasteiger partial charge is 0.237 e. The van der Waals surface area contributed by atoms with Crippen molar-refractivity contribution in [3.8, 4) is 0 Å². The van der Waals surface area contributed by atoms with Gasteiger partial charge in [-0.1, -0.05) is 30.3 Å². The average molecular weight is 367 g/mol. The molecule has 27 heavy (non-hydrogen) atoms. The number of rotatable bonds is 5. The molecule has 6 heteroatoms. The van der Waals surface area contributed by atoms with Gasteiger partial charge in [-0.05, 0) is 32.0 Å². The highest BCUT2D eigenvalue weighted by molar-refractivity contribution is 5.82. The normalized spacial score (nSPS) is 22.1. The predicted octanol–water partition coefficient (Wildman–Crippen LogP) is 1.55. The second-order valence-electron chi connectivity index (χ2n) is 8.38. The van der Waals surface area contributed by atoms with Gasteiger partial charge >= 0.3 is 0 Å². The first-order valence-electron chi connectivity index (χ1n) is 9.68. The molecule has 2 saturated heterocycles. The molecule has 1 N–H and O–H groups in total. The minimum absolute atomic E-state index is 0.0294. The molecule has 2 aromatic rings. The Morgan fingerprint density at radius 2 is 1.96 bits per heavy atom. The molecule has 2 aliphatic rings. The Hall–Kier alpha value is -2.18. The van der Waals surface area contributed by atoms with Gasteiger partial charge in [0.15, 0.2) is 0 Å². The van der Waals surface area contributed by atoms with E-state index >= 15 is 0 Å². The lowest BCUT2D eigenvalue weighted by Crippen LogP contribution is -2.56. The maximum Gasteiger partial charge on any atom is 0.237 e. The molecule has 0 unspecified atom stereocenters. The van der Waals surface area contributed by atoms with E-state index in [1.54, 1.807) is 0 Å². The van der Waals surface area contributed by atoms with Crippen LogP contribution in [0.1, 0.15) is 23.4 Å². The molecule has 0 saturated carbocycles. The number of nitrogens with one attached hydrogen (secondary N) is 1. The van der Waals surface area contributed by atoms with Crippen molar-refractivity contribution in [2.24, 2.45) is 12.5 Å². The van der Waals surface area contributed by atoms with Gasteiger partial charge in [-0.3, -0.25) is 19.3 Å². The number of amides is 1. The molecule has 6 nitrogen and oxygen atoms in total. The third-order valence-corrected chi connectivity index (χ3v) is 5.96. The Morgan fingerprint density at radius 3 is 2.63 bits per heavy atom. The summed E-state index contributed by atoms with van der Waals surface area (Å²) in [6.45, 7) is 6.67. The largest absolute Gasteiger partial charge is 0.349 e. The fourth-order valence-corrected chi connectivity index (χ4v) is 4.77. The van der Waals surface area contributed by atoms with Crippen molar-refractivity contribution in [1.82, 2.24) is 24.9 Å². The maximum atomic E-state index is 12.8. The van der Waals surface area contributed by atoms with Gasteiger partial charge in [0.05, 0.1) is 24.0 Å². The zero-order valence-electron chi connectivity index (χ0n) is 16.5. The van der Waals surface area contributed by atoms with Crippen LogP contribution in [0.15, 0.2) is 36.4 Å². The summed E-state index contributed by atoms with van der Waals surface area (Å²) in [5.74, 6) is 0.134. The summed E-state index contributed by atoms with van der Waals surface area (Å²) in [5, 5.41) is 7.45. The zero-order chi connectivity index (χ0) is 19.0. The number of likely N-dealkylation sites (N-methyl/N-ethyl adjacent to an activating group) is 1. The van der Waals surface area contributed by atoms with Crippen molar-refractivity contribution in [3.63, 3.8) is 0 Å². The number of nitrogens with zero attached hydrogens (tertiary/aromatic N) is 4. The molecule has 2 aliphatic heterocycles. The van der Waals surface area contributed by atoms with Crippen LogP contribution in [0.3, 0.4) is 0 Å². The van der Waals surface area contributed by atoms with Crippen molar-refractivity contribution in [2.75, 3.05) is 26.7 Å². The number of hydrogen-bond donors (Lipinski definition) is 1. The second-order valence-corrected chi connectivity index (χ2v) is 8.38. The van der Waals surface area contributed by atoms with E-state index in [-0.39, 0.29) is 17.4 Å². The molecule has 1 aromatic heterocycles. The van der Waals surface area contributed by atoms with Crippen LogP contribution in [0.2, 0.25) is 0 Å². The summed E-state index contributed by atoms with van der Waals surface area (Å²) >= 11 is 0. The monoisotopic (exact) mass is 367 g/mol. The van der Waals surface area contributed by atoms with Gasteiger partial charge in [-0.15, -0.1) is 0 Å². The Morgan fingerprint density at radius 1 is 1.22 bits per heavy atom. The minimum Gasteiger partial charge on any atom is -0.349 e. The Bertz CT molecular complexity index is 809. The topological polar surface area (TPSA) is 53.4 Å².